The Hall–Kier alpha value is -2.41. The number of methoxy groups -OCH3 is 1. The lowest BCUT2D eigenvalue weighted by atomic mass is 10.1. The lowest BCUT2D eigenvalue weighted by Gasteiger charge is -2.23. The summed E-state index contributed by atoms with van der Waals surface area (Å²) in [6, 6.07) is 6.38. The minimum Gasteiger partial charge on any atom is -0.481 e. The second-order valence-corrected chi connectivity index (χ2v) is 6.65. The van der Waals surface area contributed by atoms with Gasteiger partial charge < -0.3 is 20.1 Å². The van der Waals surface area contributed by atoms with Crippen molar-refractivity contribution in [3.63, 3.8) is 0 Å². The molecule has 2 unspecified atom stereocenters. The Bertz CT molecular complexity index is 686. The minimum atomic E-state index is -0.940. The van der Waals surface area contributed by atoms with Gasteiger partial charge in [-0.2, -0.15) is 0 Å². The van der Waals surface area contributed by atoms with Gasteiger partial charge in [0.15, 0.2) is 0 Å². The number of nitrogens with one attached hydrogen (secondary N) is 1. The number of amides is 2. The van der Waals surface area contributed by atoms with Crippen LogP contribution in [0.2, 0.25) is 0 Å². The zero-order chi connectivity index (χ0) is 18.0. The van der Waals surface area contributed by atoms with Gasteiger partial charge in [0.05, 0.1) is 12.5 Å². The largest absolute Gasteiger partial charge is 0.481 e. The first-order valence-corrected chi connectivity index (χ1v) is 8.44. The molecule has 0 aromatic heterocycles. The van der Waals surface area contributed by atoms with Crippen molar-refractivity contribution in [1.82, 2.24) is 4.90 Å². The minimum absolute atomic E-state index is 0.0195. The number of likely N-dealkylation sites (tertiary alicyclic amines) is 1. The van der Waals surface area contributed by atoms with E-state index >= 15 is 0 Å². The monoisotopic (exact) mass is 346 g/mol. The molecule has 2 N–H and O–H groups in total. The summed E-state index contributed by atoms with van der Waals surface area (Å²) in [6.45, 7) is 0.367. The van der Waals surface area contributed by atoms with E-state index in [0.717, 1.165) is 12.8 Å². The molecule has 2 amide bonds. The first kappa shape index (κ1) is 17.4. The normalized spacial score (nSPS) is 22.7. The maximum absolute atomic E-state index is 12.8. The SMILES string of the molecule is COC1CC(CC(=O)O)N(C(=O)c2cccc(NC(=O)C3CC3)c2)C1. The topological polar surface area (TPSA) is 95.9 Å². The van der Waals surface area contributed by atoms with Gasteiger partial charge in [-0.25, -0.2) is 0 Å². The fourth-order valence-corrected chi connectivity index (χ4v) is 3.17. The van der Waals surface area contributed by atoms with E-state index in [2.05, 4.69) is 5.32 Å². The molecule has 2 atom stereocenters. The molecule has 1 aliphatic carbocycles. The van der Waals surface area contributed by atoms with Gasteiger partial charge in [-0.05, 0) is 37.5 Å². The summed E-state index contributed by atoms with van der Waals surface area (Å²) in [5.41, 5.74) is 1.01. The number of rotatable bonds is 6. The van der Waals surface area contributed by atoms with Crippen LogP contribution >= 0.6 is 0 Å². The second-order valence-electron chi connectivity index (χ2n) is 6.65. The van der Waals surface area contributed by atoms with Gasteiger partial charge in [0.1, 0.15) is 0 Å². The predicted molar refractivity (Wildman–Crippen MR) is 90.3 cm³/mol. The van der Waals surface area contributed by atoms with Gasteiger partial charge in [-0.15, -0.1) is 0 Å². The molecule has 1 saturated carbocycles. The Balaban J connectivity index is 1.74. The lowest BCUT2D eigenvalue weighted by molar-refractivity contribution is -0.138. The summed E-state index contributed by atoms with van der Waals surface area (Å²) in [5.74, 6) is -1.12. The summed E-state index contributed by atoms with van der Waals surface area (Å²) >= 11 is 0. The third-order valence-electron chi connectivity index (χ3n) is 4.71. The van der Waals surface area contributed by atoms with Crippen molar-refractivity contribution in [1.29, 1.82) is 0 Å². The summed E-state index contributed by atoms with van der Waals surface area (Å²) < 4.78 is 5.31. The molecular formula is C18H22N2O5. The summed E-state index contributed by atoms with van der Waals surface area (Å²) in [6.07, 6.45) is 2.06. The summed E-state index contributed by atoms with van der Waals surface area (Å²) in [4.78, 5) is 37.4. The van der Waals surface area contributed by atoms with E-state index in [-0.39, 0.29) is 36.3 Å². The number of nitrogens with zero attached hydrogens (tertiary/aromatic N) is 1. The number of hydrogen-bond donors (Lipinski definition) is 2. The Labute approximate surface area is 146 Å². The predicted octanol–water partition coefficient (Wildman–Crippen LogP) is 1.74. The quantitative estimate of drug-likeness (QED) is 0.818. The van der Waals surface area contributed by atoms with Crippen molar-refractivity contribution in [2.45, 2.75) is 37.8 Å². The molecule has 134 valence electrons. The Morgan fingerprint density at radius 2 is 2.08 bits per heavy atom. The van der Waals surface area contributed by atoms with Crippen LogP contribution in [0.15, 0.2) is 24.3 Å². The van der Waals surface area contributed by atoms with Crippen LogP contribution in [0.5, 0.6) is 0 Å². The molecule has 2 fully saturated rings. The van der Waals surface area contributed by atoms with E-state index in [0.29, 0.717) is 24.2 Å². The van der Waals surface area contributed by atoms with Crippen molar-refractivity contribution in [3.8, 4) is 0 Å². The Kier molecular flexibility index (Phi) is 5.03. The summed E-state index contributed by atoms with van der Waals surface area (Å²) in [7, 11) is 1.56. The molecule has 25 heavy (non-hydrogen) atoms. The molecule has 7 heteroatoms. The van der Waals surface area contributed by atoms with E-state index < -0.39 is 5.97 Å². The van der Waals surface area contributed by atoms with Crippen LogP contribution in [-0.2, 0) is 14.3 Å². The van der Waals surface area contributed by atoms with Gasteiger partial charge in [-0.3, -0.25) is 14.4 Å². The second kappa shape index (κ2) is 7.23. The fraction of sp³-hybridized carbons (Fsp3) is 0.500. The smallest absolute Gasteiger partial charge is 0.305 e. The zero-order valence-electron chi connectivity index (χ0n) is 14.1. The van der Waals surface area contributed by atoms with Crippen molar-refractivity contribution >= 4 is 23.5 Å². The molecule has 7 nitrogen and oxygen atoms in total. The van der Waals surface area contributed by atoms with E-state index in [1.165, 1.54) is 0 Å². The van der Waals surface area contributed by atoms with Gasteiger partial charge in [-0.1, -0.05) is 6.07 Å². The third-order valence-corrected chi connectivity index (χ3v) is 4.71. The average Bonchev–Trinajstić information content (AvgIpc) is 3.36. The molecule has 0 bridgehead atoms. The third kappa shape index (κ3) is 4.17. The number of benzene rings is 1. The molecule has 1 aromatic carbocycles. The Morgan fingerprint density at radius 1 is 1.32 bits per heavy atom. The van der Waals surface area contributed by atoms with Crippen LogP contribution in [0.25, 0.3) is 0 Å². The maximum atomic E-state index is 12.8. The number of aliphatic carboxylic acids is 1. The summed E-state index contributed by atoms with van der Waals surface area (Å²) in [5, 5.41) is 11.9. The van der Waals surface area contributed by atoms with Crippen LogP contribution in [0, 0.1) is 5.92 Å². The van der Waals surface area contributed by atoms with Crippen LogP contribution in [-0.4, -0.2) is 53.6 Å². The molecule has 3 rings (SSSR count). The van der Waals surface area contributed by atoms with E-state index in [9.17, 15) is 14.4 Å². The van der Waals surface area contributed by atoms with Crippen molar-refractivity contribution < 1.29 is 24.2 Å². The van der Waals surface area contributed by atoms with Gasteiger partial charge in [0.2, 0.25) is 5.91 Å². The number of anilines is 1. The van der Waals surface area contributed by atoms with Crippen LogP contribution < -0.4 is 5.32 Å². The highest BCUT2D eigenvalue weighted by atomic mass is 16.5. The van der Waals surface area contributed by atoms with Gasteiger partial charge in [0, 0.05) is 36.9 Å². The number of carboxylic acids is 1. The zero-order valence-corrected chi connectivity index (χ0v) is 14.1. The molecule has 0 spiro atoms. The van der Waals surface area contributed by atoms with Crippen LogP contribution in [0.1, 0.15) is 36.0 Å². The van der Waals surface area contributed by atoms with Crippen LogP contribution in [0.3, 0.4) is 0 Å². The van der Waals surface area contributed by atoms with Crippen molar-refractivity contribution in [2.24, 2.45) is 5.92 Å². The van der Waals surface area contributed by atoms with Crippen molar-refractivity contribution in [3.05, 3.63) is 29.8 Å². The average molecular weight is 346 g/mol. The number of carbonyl (C=O) groups excluding carboxylic acids is 2. The number of carbonyl (C=O) groups is 3. The van der Waals surface area contributed by atoms with Crippen LogP contribution in [0.4, 0.5) is 5.69 Å². The van der Waals surface area contributed by atoms with E-state index in [1.807, 2.05) is 0 Å². The Morgan fingerprint density at radius 3 is 2.72 bits per heavy atom. The number of carboxylic acid groups (broad SMARTS) is 1. The molecular weight excluding hydrogens is 324 g/mol. The highest BCUT2D eigenvalue weighted by Crippen LogP contribution is 2.30. The van der Waals surface area contributed by atoms with Crippen molar-refractivity contribution in [2.75, 3.05) is 19.0 Å². The van der Waals surface area contributed by atoms with E-state index in [4.69, 9.17) is 9.84 Å². The molecule has 1 aliphatic heterocycles. The first-order valence-electron chi connectivity index (χ1n) is 8.44. The molecule has 2 aliphatic rings. The van der Waals surface area contributed by atoms with Gasteiger partial charge in [0.25, 0.3) is 5.91 Å². The van der Waals surface area contributed by atoms with Gasteiger partial charge >= 0.3 is 5.97 Å². The molecule has 1 saturated heterocycles. The molecule has 0 radical (unpaired) electrons. The fourth-order valence-electron chi connectivity index (χ4n) is 3.17. The lowest BCUT2D eigenvalue weighted by Crippen LogP contribution is -2.37. The standard InChI is InChI=1S/C18H22N2O5/c1-25-15-8-14(9-16(21)22)20(10-15)18(24)12-3-2-4-13(7-12)19-17(23)11-5-6-11/h2-4,7,11,14-15H,5-6,8-10H2,1H3,(H,19,23)(H,21,22). The first-order chi connectivity index (χ1) is 12.0. The van der Waals surface area contributed by atoms with E-state index in [1.54, 1.807) is 36.3 Å². The molecule has 1 heterocycles. The highest BCUT2D eigenvalue weighted by Gasteiger charge is 2.37. The number of ether oxygens (including phenoxy) is 1. The maximum Gasteiger partial charge on any atom is 0.305 e. The number of hydrogen-bond acceptors (Lipinski definition) is 4. The highest BCUT2D eigenvalue weighted by molar-refractivity contribution is 5.98. The molecule has 1 aromatic rings.